The van der Waals surface area contributed by atoms with Gasteiger partial charge in [-0.3, -0.25) is 9.50 Å². The maximum absolute atomic E-state index is 5.74. The average molecular weight is 351 g/mol. The van der Waals surface area contributed by atoms with Gasteiger partial charge >= 0.3 is 0 Å². The van der Waals surface area contributed by atoms with E-state index >= 15 is 0 Å². The normalized spacial score (nSPS) is 11.1. The number of nitrogen functional groups attached to an aromatic ring is 1. The second-order valence-corrected chi connectivity index (χ2v) is 6.53. The first-order valence-corrected chi connectivity index (χ1v) is 8.73. The maximum atomic E-state index is 5.74. The zero-order valence-electron chi connectivity index (χ0n) is 13.6. The lowest BCUT2D eigenvalue weighted by Crippen LogP contribution is -2.04. The molecule has 0 saturated heterocycles. The van der Waals surface area contributed by atoms with Crippen molar-refractivity contribution in [1.29, 1.82) is 0 Å². The zero-order chi connectivity index (χ0) is 17.2. The lowest BCUT2D eigenvalue weighted by molar-refractivity contribution is 0.912. The van der Waals surface area contributed by atoms with Gasteiger partial charge in [-0.25, -0.2) is 4.98 Å². The number of aromatic amines is 1. The van der Waals surface area contributed by atoms with Gasteiger partial charge < -0.3 is 11.1 Å². The fraction of sp³-hybridized carbons (Fsp3) is 0.118. The molecule has 0 radical (unpaired) electrons. The Morgan fingerprint density at radius 2 is 2.04 bits per heavy atom. The van der Waals surface area contributed by atoms with E-state index in [-0.39, 0.29) is 0 Å². The molecular weight excluding hydrogens is 334 g/mol. The molecule has 0 aliphatic carbocycles. The highest BCUT2D eigenvalue weighted by Crippen LogP contribution is 2.27. The summed E-state index contributed by atoms with van der Waals surface area (Å²) >= 11 is 1.49. The van der Waals surface area contributed by atoms with Crippen molar-refractivity contribution in [2.75, 3.05) is 11.1 Å². The van der Waals surface area contributed by atoms with Gasteiger partial charge in [0.25, 0.3) is 0 Å². The Morgan fingerprint density at radius 3 is 2.80 bits per heavy atom. The minimum atomic E-state index is 0.657. The lowest BCUT2D eigenvalue weighted by Gasteiger charge is -2.08. The summed E-state index contributed by atoms with van der Waals surface area (Å²) in [6.45, 7) is 2.08. The first-order valence-electron chi connectivity index (χ1n) is 7.91. The van der Waals surface area contributed by atoms with Crippen LogP contribution in [0.2, 0.25) is 0 Å². The highest BCUT2D eigenvalue weighted by Gasteiger charge is 2.10. The number of H-pyrrole nitrogens is 1. The third-order valence-corrected chi connectivity index (χ3v) is 4.58. The minimum Gasteiger partial charge on any atom is -0.399 e. The summed E-state index contributed by atoms with van der Waals surface area (Å²) < 4.78 is 1.90. The number of aryl methyl sites for hydroxylation is 1. The predicted molar refractivity (Wildman–Crippen MR) is 99.2 cm³/mol. The summed E-state index contributed by atoms with van der Waals surface area (Å²) in [4.78, 5) is 10.3. The van der Waals surface area contributed by atoms with Crippen molar-refractivity contribution in [3.05, 3.63) is 54.4 Å². The molecule has 1 aromatic carbocycles. The van der Waals surface area contributed by atoms with Crippen LogP contribution in [0.15, 0.2) is 58.7 Å². The molecule has 0 unspecified atom stereocenters. The summed E-state index contributed by atoms with van der Waals surface area (Å²) in [5.74, 6) is 1.40. The molecule has 25 heavy (non-hydrogen) atoms. The second kappa shape index (κ2) is 6.48. The van der Waals surface area contributed by atoms with Gasteiger partial charge in [-0.05, 0) is 54.6 Å². The molecule has 4 rings (SSSR count). The van der Waals surface area contributed by atoms with Gasteiger partial charge in [-0.1, -0.05) is 6.92 Å². The minimum absolute atomic E-state index is 0.657. The van der Waals surface area contributed by atoms with Crippen LogP contribution in [0.3, 0.4) is 0 Å². The Kier molecular flexibility index (Phi) is 4.02. The van der Waals surface area contributed by atoms with E-state index in [0.717, 1.165) is 34.2 Å². The summed E-state index contributed by atoms with van der Waals surface area (Å²) in [6, 6.07) is 13.5. The van der Waals surface area contributed by atoms with E-state index in [4.69, 9.17) is 5.73 Å². The van der Waals surface area contributed by atoms with Crippen LogP contribution in [-0.4, -0.2) is 24.6 Å². The average Bonchev–Trinajstić information content (AvgIpc) is 3.26. The van der Waals surface area contributed by atoms with Gasteiger partial charge in [0, 0.05) is 28.5 Å². The topological polar surface area (TPSA) is 96.9 Å². The SMILES string of the molecule is CCc1cc(Nc2nc(Sc3ccc(N)cc3)nc3cccn23)n[nH]1. The number of nitrogens with two attached hydrogens (primary N) is 1. The van der Waals surface area contributed by atoms with Crippen LogP contribution >= 0.6 is 11.8 Å². The van der Waals surface area contributed by atoms with Crippen LogP contribution in [0.4, 0.5) is 17.5 Å². The van der Waals surface area contributed by atoms with Crippen molar-refractivity contribution in [2.45, 2.75) is 23.4 Å². The molecule has 0 bridgehead atoms. The van der Waals surface area contributed by atoms with Gasteiger partial charge in [0.05, 0.1) is 0 Å². The van der Waals surface area contributed by atoms with Gasteiger partial charge in [0.2, 0.25) is 5.95 Å². The molecule has 0 aliphatic heterocycles. The van der Waals surface area contributed by atoms with E-state index in [9.17, 15) is 0 Å². The third-order valence-electron chi connectivity index (χ3n) is 3.71. The van der Waals surface area contributed by atoms with Crippen molar-refractivity contribution < 1.29 is 0 Å². The molecule has 7 nitrogen and oxygen atoms in total. The molecule has 0 aliphatic rings. The number of nitrogens with one attached hydrogen (secondary N) is 2. The van der Waals surface area contributed by atoms with E-state index in [0.29, 0.717) is 11.1 Å². The monoisotopic (exact) mass is 351 g/mol. The summed E-state index contributed by atoms with van der Waals surface area (Å²) in [7, 11) is 0. The molecule has 3 aromatic heterocycles. The van der Waals surface area contributed by atoms with Crippen LogP contribution in [0.5, 0.6) is 0 Å². The molecule has 8 heteroatoms. The van der Waals surface area contributed by atoms with E-state index in [1.165, 1.54) is 11.8 Å². The molecule has 0 spiro atoms. The fourth-order valence-corrected chi connectivity index (χ4v) is 3.16. The van der Waals surface area contributed by atoms with Gasteiger partial charge in [0.15, 0.2) is 11.0 Å². The summed E-state index contributed by atoms with van der Waals surface area (Å²) in [6.07, 6.45) is 2.82. The van der Waals surface area contributed by atoms with Crippen molar-refractivity contribution in [3.63, 3.8) is 0 Å². The van der Waals surface area contributed by atoms with Crippen LogP contribution in [0, 0.1) is 0 Å². The number of hydrogen-bond donors (Lipinski definition) is 3. The van der Waals surface area contributed by atoms with E-state index in [1.54, 1.807) is 0 Å². The lowest BCUT2D eigenvalue weighted by atomic mass is 10.3. The van der Waals surface area contributed by atoms with Gasteiger partial charge in [-0.15, -0.1) is 0 Å². The Morgan fingerprint density at radius 1 is 1.20 bits per heavy atom. The quantitative estimate of drug-likeness (QED) is 0.476. The smallest absolute Gasteiger partial charge is 0.216 e. The van der Waals surface area contributed by atoms with Crippen LogP contribution in [-0.2, 0) is 6.42 Å². The molecule has 4 aromatic rings. The third kappa shape index (κ3) is 3.29. The number of aromatic nitrogens is 5. The Balaban J connectivity index is 1.67. The highest BCUT2D eigenvalue weighted by atomic mass is 32.2. The number of anilines is 3. The molecule has 4 N–H and O–H groups in total. The van der Waals surface area contributed by atoms with Crippen molar-refractivity contribution in [2.24, 2.45) is 0 Å². The van der Waals surface area contributed by atoms with Crippen LogP contribution < -0.4 is 11.1 Å². The van der Waals surface area contributed by atoms with Gasteiger partial charge in [-0.2, -0.15) is 10.1 Å². The molecule has 3 heterocycles. The predicted octanol–water partition coefficient (Wildman–Crippen LogP) is 3.49. The Hall–Kier alpha value is -3.00. The number of fused-ring (bicyclic) bond motifs is 1. The van der Waals surface area contributed by atoms with Crippen molar-refractivity contribution in [1.82, 2.24) is 24.6 Å². The zero-order valence-corrected chi connectivity index (χ0v) is 14.4. The highest BCUT2D eigenvalue weighted by molar-refractivity contribution is 7.99. The standard InChI is InChI=1S/C17H17N7S/c1-2-12-10-14(23-22-12)19-16-21-17(20-15-4-3-9-24(15)16)25-13-7-5-11(18)6-8-13/h3-10H,2,18H2,1H3,(H2,19,20,21,22,23). The molecule has 0 amide bonds. The van der Waals surface area contributed by atoms with Crippen molar-refractivity contribution >= 4 is 34.9 Å². The maximum Gasteiger partial charge on any atom is 0.216 e. The summed E-state index contributed by atoms with van der Waals surface area (Å²) in [5, 5.41) is 11.2. The molecular formula is C17H17N7S. The van der Waals surface area contributed by atoms with Crippen LogP contribution in [0.1, 0.15) is 12.6 Å². The van der Waals surface area contributed by atoms with Gasteiger partial charge in [0.1, 0.15) is 5.65 Å². The number of nitrogens with zero attached hydrogens (tertiary/aromatic N) is 4. The fourth-order valence-electron chi connectivity index (χ4n) is 2.41. The number of hydrogen-bond acceptors (Lipinski definition) is 6. The first-order chi connectivity index (χ1) is 12.2. The molecule has 0 fully saturated rings. The van der Waals surface area contributed by atoms with E-state index in [1.807, 2.05) is 53.1 Å². The van der Waals surface area contributed by atoms with Crippen molar-refractivity contribution in [3.8, 4) is 0 Å². The second-order valence-electron chi connectivity index (χ2n) is 5.49. The molecule has 126 valence electrons. The Bertz CT molecular complexity index is 1000. The first kappa shape index (κ1) is 15.5. The van der Waals surface area contributed by atoms with E-state index in [2.05, 4.69) is 32.4 Å². The number of benzene rings is 1. The molecule has 0 atom stereocenters. The Labute approximate surface area is 148 Å². The number of rotatable bonds is 5. The molecule has 0 saturated carbocycles. The van der Waals surface area contributed by atoms with Crippen LogP contribution in [0.25, 0.3) is 5.65 Å². The van der Waals surface area contributed by atoms with E-state index < -0.39 is 0 Å². The summed E-state index contributed by atoms with van der Waals surface area (Å²) in [5.41, 5.74) is 8.36. The largest absolute Gasteiger partial charge is 0.399 e.